The predicted molar refractivity (Wildman–Crippen MR) is 120 cm³/mol. The molecule has 3 aromatic rings. The Balaban J connectivity index is 1.53. The number of hydrogen-bond acceptors (Lipinski definition) is 3. The highest BCUT2D eigenvalue weighted by Crippen LogP contribution is 2.28. The van der Waals surface area contributed by atoms with Crippen molar-refractivity contribution in [2.75, 3.05) is 0 Å². The van der Waals surface area contributed by atoms with Crippen molar-refractivity contribution in [3.63, 3.8) is 0 Å². The quantitative estimate of drug-likeness (QED) is 0.548. The van der Waals surface area contributed by atoms with Gasteiger partial charge in [-0.15, -0.1) is 0 Å². The highest BCUT2D eigenvalue weighted by molar-refractivity contribution is 6.47. The van der Waals surface area contributed by atoms with Crippen LogP contribution in [-0.4, -0.2) is 28.4 Å². The maximum Gasteiger partial charge on any atom is 0.257 e. The molecule has 3 aromatic carbocycles. The zero-order chi connectivity index (χ0) is 22.9. The van der Waals surface area contributed by atoms with E-state index in [1.165, 1.54) is 4.90 Å². The second kappa shape index (κ2) is 8.50. The Kier molecular flexibility index (Phi) is 5.38. The average molecular weight is 445 g/mol. The van der Waals surface area contributed by atoms with Crippen LogP contribution in [0.5, 0.6) is 0 Å². The third-order valence-corrected chi connectivity index (χ3v) is 5.58. The molecular formula is C26H18F3N3O. The van der Waals surface area contributed by atoms with Crippen molar-refractivity contribution in [1.82, 2.24) is 4.90 Å². The van der Waals surface area contributed by atoms with Gasteiger partial charge in [-0.05, 0) is 5.56 Å². The minimum absolute atomic E-state index is 0.316. The van der Waals surface area contributed by atoms with Crippen molar-refractivity contribution in [2.24, 2.45) is 9.98 Å². The minimum Gasteiger partial charge on any atom is -0.272 e. The number of hydrogen-bond donors (Lipinski definition) is 0. The molecule has 0 aromatic heterocycles. The molecule has 1 amide bonds. The van der Waals surface area contributed by atoms with Crippen molar-refractivity contribution in [3.05, 3.63) is 113 Å². The lowest BCUT2D eigenvalue weighted by molar-refractivity contribution is -0.125. The van der Waals surface area contributed by atoms with E-state index in [4.69, 9.17) is 4.99 Å². The first kappa shape index (κ1) is 20.9. The number of fused-ring (bicyclic) bond motifs is 1. The summed E-state index contributed by atoms with van der Waals surface area (Å²) in [5, 5.41) is 0. The first-order chi connectivity index (χ1) is 16.0. The Morgan fingerprint density at radius 1 is 0.879 bits per heavy atom. The number of amidine groups is 1. The third-order valence-electron chi connectivity index (χ3n) is 5.58. The summed E-state index contributed by atoms with van der Waals surface area (Å²) in [6, 6.07) is 19.2. The monoisotopic (exact) mass is 445 g/mol. The molecule has 5 rings (SSSR count). The van der Waals surface area contributed by atoms with Crippen LogP contribution in [0.1, 0.15) is 16.7 Å². The largest absolute Gasteiger partial charge is 0.272 e. The van der Waals surface area contributed by atoms with Gasteiger partial charge in [0.25, 0.3) is 5.91 Å². The Morgan fingerprint density at radius 3 is 2.18 bits per heavy atom. The Hall–Kier alpha value is -4.00. The number of aliphatic imine (C=N–C) groups is 2. The Bertz CT molecular complexity index is 1290. The van der Waals surface area contributed by atoms with E-state index in [-0.39, 0.29) is 12.0 Å². The predicted octanol–water partition coefficient (Wildman–Crippen LogP) is 4.95. The fourth-order valence-electron chi connectivity index (χ4n) is 3.96. The van der Waals surface area contributed by atoms with E-state index in [1.54, 1.807) is 6.20 Å². The number of benzene rings is 3. The molecule has 0 bridgehead atoms. The van der Waals surface area contributed by atoms with E-state index in [2.05, 4.69) is 4.99 Å². The van der Waals surface area contributed by atoms with Crippen molar-refractivity contribution in [3.8, 4) is 0 Å². The molecule has 0 spiro atoms. The molecule has 0 aliphatic carbocycles. The van der Waals surface area contributed by atoms with Gasteiger partial charge in [0.05, 0.1) is 11.4 Å². The molecule has 2 aliphatic rings. The summed E-state index contributed by atoms with van der Waals surface area (Å²) in [5.41, 5.74) is 2.62. The van der Waals surface area contributed by atoms with E-state index in [0.717, 1.165) is 11.1 Å². The number of rotatable bonds is 5. The molecular weight excluding hydrogens is 427 g/mol. The third kappa shape index (κ3) is 4.09. The van der Waals surface area contributed by atoms with Gasteiger partial charge in [-0.1, -0.05) is 60.7 Å². The van der Waals surface area contributed by atoms with Crippen LogP contribution in [0, 0.1) is 17.5 Å². The molecule has 0 N–H and O–H groups in total. The lowest BCUT2D eigenvalue weighted by Crippen LogP contribution is -2.38. The van der Waals surface area contributed by atoms with Crippen LogP contribution >= 0.6 is 0 Å². The van der Waals surface area contributed by atoms with E-state index < -0.39 is 29.4 Å². The van der Waals surface area contributed by atoms with E-state index in [0.29, 0.717) is 35.8 Å². The number of halogens is 3. The normalized spacial score (nSPS) is 17.4. The van der Waals surface area contributed by atoms with E-state index >= 15 is 0 Å². The van der Waals surface area contributed by atoms with Gasteiger partial charge in [0, 0.05) is 42.3 Å². The molecule has 4 nitrogen and oxygen atoms in total. The van der Waals surface area contributed by atoms with Gasteiger partial charge in [-0.2, -0.15) is 0 Å². The first-order valence-electron chi connectivity index (χ1n) is 10.4. The van der Waals surface area contributed by atoms with Crippen LogP contribution in [0.2, 0.25) is 0 Å². The number of nitrogens with zero attached hydrogens (tertiary/aromatic N) is 3. The number of carbonyl (C=O) groups is 1. The maximum absolute atomic E-state index is 14.2. The second-order valence-corrected chi connectivity index (χ2v) is 7.83. The van der Waals surface area contributed by atoms with Crippen molar-refractivity contribution in [2.45, 2.75) is 18.9 Å². The number of carbonyl (C=O) groups excluding carboxylic acids is 1. The summed E-state index contributed by atoms with van der Waals surface area (Å²) < 4.78 is 41.7. The SMILES string of the molecule is O=C1C(Cc2c(F)cc(F)cc2F)N=C2C(Cc3ccccc3)=NC(c3ccccc3)=CN12. The molecule has 2 aliphatic heterocycles. The Labute approximate surface area is 188 Å². The molecule has 2 heterocycles. The maximum atomic E-state index is 14.2. The van der Waals surface area contributed by atoms with Crippen molar-refractivity contribution in [1.29, 1.82) is 0 Å². The molecule has 0 saturated carbocycles. The van der Waals surface area contributed by atoms with Crippen molar-refractivity contribution < 1.29 is 18.0 Å². The van der Waals surface area contributed by atoms with Gasteiger partial charge >= 0.3 is 0 Å². The van der Waals surface area contributed by atoms with Gasteiger partial charge in [0.2, 0.25) is 0 Å². The zero-order valence-electron chi connectivity index (χ0n) is 17.4. The molecule has 0 radical (unpaired) electrons. The fraction of sp³-hybridized carbons (Fsp3) is 0.115. The summed E-state index contributed by atoms with van der Waals surface area (Å²) in [6.45, 7) is 0. The average Bonchev–Trinajstić information content (AvgIpc) is 3.13. The summed E-state index contributed by atoms with van der Waals surface area (Å²) >= 11 is 0. The molecule has 0 fully saturated rings. The molecule has 164 valence electrons. The minimum atomic E-state index is -1.04. The smallest absolute Gasteiger partial charge is 0.257 e. The van der Waals surface area contributed by atoms with Gasteiger partial charge < -0.3 is 0 Å². The lowest BCUT2D eigenvalue weighted by Gasteiger charge is -2.22. The van der Waals surface area contributed by atoms with Crippen LogP contribution in [0.4, 0.5) is 13.2 Å². The first-order valence-corrected chi connectivity index (χ1v) is 10.4. The van der Waals surface area contributed by atoms with Crippen molar-refractivity contribution >= 4 is 23.2 Å². The zero-order valence-corrected chi connectivity index (χ0v) is 17.4. The van der Waals surface area contributed by atoms with E-state index in [9.17, 15) is 18.0 Å². The van der Waals surface area contributed by atoms with Gasteiger partial charge in [-0.3, -0.25) is 14.7 Å². The van der Waals surface area contributed by atoms with Crippen LogP contribution in [0.3, 0.4) is 0 Å². The molecule has 0 saturated heterocycles. The molecule has 1 unspecified atom stereocenters. The van der Waals surface area contributed by atoms with Crippen LogP contribution < -0.4 is 0 Å². The summed E-state index contributed by atoms with van der Waals surface area (Å²) in [7, 11) is 0. The molecule has 33 heavy (non-hydrogen) atoms. The van der Waals surface area contributed by atoms with Gasteiger partial charge in [-0.25, -0.2) is 18.2 Å². The summed E-state index contributed by atoms with van der Waals surface area (Å²) in [5.74, 6) is -3.14. The molecule has 7 heteroatoms. The topological polar surface area (TPSA) is 45.0 Å². The standard InChI is InChI=1S/C26H18F3N3O/c27-18-12-20(28)19(21(29)13-18)14-23-26(33)32-15-24(17-9-5-2-6-10-17)30-22(25(32)31-23)11-16-7-3-1-4-8-16/h1-10,12-13,15,23H,11,14H2. The highest BCUT2D eigenvalue weighted by Gasteiger charge is 2.39. The van der Waals surface area contributed by atoms with Crippen LogP contribution in [0.25, 0.3) is 5.70 Å². The van der Waals surface area contributed by atoms with E-state index in [1.807, 2.05) is 60.7 Å². The van der Waals surface area contributed by atoms with Crippen LogP contribution in [-0.2, 0) is 17.6 Å². The number of amides is 1. The van der Waals surface area contributed by atoms with Crippen LogP contribution in [0.15, 0.2) is 89.0 Å². The summed E-state index contributed by atoms with van der Waals surface area (Å²) in [4.78, 5) is 23.9. The highest BCUT2D eigenvalue weighted by atomic mass is 19.1. The fourth-order valence-corrected chi connectivity index (χ4v) is 3.96. The molecule has 1 atom stereocenters. The summed E-state index contributed by atoms with van der Waals surface area (Å²) in [6.07, 6.45) is 1.71. The Morgan fingerprint density at radius 2 is 1.52 bits per heavy atom. The van der Waals surface area contributed by atoms with Gasteiger partial charge in [0.15, 0.2) is 5.84 Å². The van der Waals surface area contributed by atoms with Gasteiger partial charge in [0.1, 0.15) is 23.5 Å². The lowest BCUT2D eigenvalue weighted by atomic mass is 10.0. The second-order valence-electron chi connectivity index (χ2n) is 7.83.